The molecule has 3 aromatic rings. The molecule has 148 valence electrons. The van der Waals surface area contributed by atoms with Crippen molar-refractivity contribution < 1.29 is 13.9 Å². The van der Waals surface area contributed by atoms with Crippen molar-refractivity contribution in [2.24, 2.45) is 0 Å². The molecule has 2 heterocycles. The minimum Gasteiger partial charge on any atom is -0.484 e. The molecule has 1 aromatic carbocycles. The van der Waals surface area contributed by atoms with E-state index >= 15 is 0 Å². The van der Waals surface area contributed by atoms with E-state index in [9.17, 15) is 4.79 Å². The summed E-state index contributed by atoms with van der Waals surface area (Å²) in [6.07, 6.45) is 0.784. The van der Waals surface area contributed by atoms with Crippen molar-refractivity contribution in [3.63, 3.8) is 0 Å². The number of carbonyl (C=O) groups is 1. The molecule has 8 heteroatoms. The third kappa shape index (κ3) is 5.39. The van der Waals surface area contributed by atoms with E-state index in [4.69, 9.17) is 20.8 Å². The third-order valence-corrected chi connectivity index (χ3v) is 4.87. The smallest absolute Gasteiger partial charge is 0.286 e. The molecule has 6 nitrogen and oxygen atoms in total. The van der Waals surface area contributed by atoms with E-state index in [1.165, 1.54) is 0 Å². The number of rotatable bonds is 8. The lowest BCUT2D eigenvalue weighted by atomic mass is 10.3. The molecule has 1 amide bonds. The molecule has 0 spiro atoms. The number of halogens is 2. The Kier molecular flexibility index (Phi) is 6.80. The first-order chi connectivity index (χ1) is 13.4. The van der Waals surface area contributed by atoms with Crippen LogP contribution in [0.4, 0.5) is 0 Å². The van der Waals surface area contributed by atoms with Gasteiger partial charge >= 0.3 is 0 Å². The summed E-state index contributed by atoms with van der Waals surface area (Å²) in [6, 6.07) is 10.8. The lowest BCUT2D eigenvalue weighted by Crippen LogP contribution is -2.25. The number of ether oxygens (including phenoxy) is 1. The van der Waals surface area contributed by atoms with Gasteiger partial charge in [0, 0.05) is 23.3 Å². The van der Waals surface area contributed by atoms with E-state index < -0.39 is 0 Å². The van der Waals surface area contributed by atoms with Gasteiger partial charge < -0.3 is 14.5 Å². The van der Waals surface area contributed by atoms with Gasteiger partial charge in [-0.1, -0.05) is 27.5 Å². The Bertz CT molecular complexity index is 968. The number of hydrogen-bond donors (Lipinski definition) is 1. The van der Waals surface area contributed by atoms with Gasteiger partial charge in [-0.25, -0.2) is 0 Å². The second-order valence-corrected chi connectivity index (χ2v) is 7.71. The van der Waals surface area contributed by atoms with Crippen LogP contribution in [0.2, 0.25) is 5.02 Å². The maximum atomic E-state index is 12.2. The molecule has 2 aromatic heterocycles. The standard InChI is InChI=1S/C20H21BrClN3O3/c1-13-10-14(2)25(24-13)9-3-8-23-20(26)19-7-5-16(28-19)12-27-18-6-4-15(21)11-17(18)22/h4-7,10-11H,3,8-9,12H2,1-2H3,(H,23,26). The van der Waals surface area contributed by atoms with Gasteiger partial charge in [0.2, 0.25) is 0 Å². The predicted octanol–water partition coefficient (Wildman–Crippen LogP) is 4.91. The van der Waals surface area contributed by atoms with Gasteiger partial charge in [-0.15, -0.1) is 0 Å². The van der Waals surface area contributed by atoms with Crippen LogP contribution in [0.25, 0.3) is 0 Å². The zero-order chi connectivity index (χ0) is 20.1. The van der Waals surface area contributed by atoms with Gasteiger partial charge in [-0.2, -0.15) is 5.10 Å². The molecule has 0 fully saturated rings. The average molecular weight is 467 g/mol. The molecule has 0 aliphatic carbocycles. The number of aromatic nitrogens is 2. The van der Waals surface area contributed by atoms with Gasteiger partial charge in [0.15, 0.2) is 5.76 Å². The first kappa shape index (κ1) is 20.5. The summed E-state index contributed by atoms with van der Waals surface area (Å²) in [5, 5.41) is 7.76. The fraction of sp³-hybridized carbons (Fsp3) is 0.300. The Morgan fingerprint density at radius 1 is 1.29 bits per heavy atom. The molecule has 0 aliphatic rings. The first-order valence-corrected chi connectivity index (χ1v) is 10.1. The number of aryl methyl sites for hydroxylation is 3. The maximum absolute atomic E-state index is 12.2. The van der Waals surface area contributed by atoms with Gasteiger partial charge in [0.1, 0.15) is 18.1 Å². The van der Waals surface area contributed by atoms with Gasteiger partial charge in [-0.3, -0.25) is 9.48 Å². The highest BCUT2D eigenvalue weighted by Gasteiger charge is 2.12. The number of carbonyl (C=O) groups excluding carboxylic acids is 1. The molecule has 28 heavy (non-hydrogen) atoms. The lowest BCUT2D eigenvalue weighted by Gasteiger charge is -2.07. The average Bonchev–Trinajstić information content (AvgIpc) is 3.24. The SMILES string of the molecule is Cc1cc(C)n(CCCNC(=O)c2ccc(COc3ccc(Br)cc3Cl)o2)n1. The monoisotopic (exact) mass is 465 g/mol. The van der Waals surface area contributed by atoms with Crippen LogP contribution in [0.5, 0.6) is 5.75 Å². The number of nitrogens with one attached hydrogen (secondary N) is 1. The van der Waals surface area contributed by atoms with Crippen molar-refractivity contribution in [2.45, 2.75) is 33.4 Å². The van der Waals surface area contributed by atoms with Gasteiger partial charge in [0.25, 0.3) is 5.91 Å². The van der Waals surface area contributed by atoms with Crippen LogP contribution in [0, 0.1) is 13.8 Å². The summed E-state index contributed by atoms with van der Waals surface area (Å²) in [4.78, 5) is 12.2. The largest absolute Gasteiger partial charge is 0.484 e. The highest BCUT2D eigenvalue weighted by Crippen LogP contribution is 2.28. The van der Waals surface area contributed by atoms with Crippen molar-refractivity contribution in [3.05, 3.63) is 68.8 Å². The number of amides is 1. The topological polar surface area (TPSA) is 69.3 Å². The molecule has 3 rings (SSSR count). The van der Waals surface area contributed by atoms with E-state index in [0.717, 1.165) is 28.8 Å². The predicted molar refractivity (Wildman–Crippen MR) is 111 cm³/mol. The Labute approximate surface area is 176 Å². The molecule has 0 atom stereocenters. The molecule has 0 bridgehead atoms. The Balaban J connectivity index is 1.45. The van der Waals surface area contributed by atoms with E-state index in [-0.39, 0.29) is 18.3 Å². The highest BCUT2D eigenvalue weighted by molar-refractivity contribution is 9.10. The van der Waals surface area contributed by atoms with E-state index in [1.807, 2.05) is 30.7 Å². The van der Waals surface area contributed by atoms with E-state index in [1.54, 1.807) is 24.3 Å². The summed E-state index contributed by atoms with van der Waals surface area (Å²) in [5.74, 6) is 1.11. The van der Waals surface area contributed by atoms with Crippen LogP contribution >= 0.6 is 27.5 Å². The Morgan fingerprint density at radius 3 is 2.82 bits per heavy atom. The van der Waals surface area contributed by atoms with Crippen LogP contribution in [0.3, 0.4) is 0 Å². The van der Waals surface area contributed by atoms with Gasteiger partial charge in [-0.05, 0) is 56.7 Å². The fourth-order valence-corrected chi connectivity index (χ4v) is 3.47. The van der Waals surface area contributed by atoms with Crippen LogP contribution < -0.4 is 10.1 Å². The van der Waals surface area contributed by atoms with Crippen LogP contribution in [-0.4, -0.2) is 22.2 Å². The molecular weight excluding hydrogens is 446 g/mol. The lowest BCUT2D eigenvalue weighted by molar-refractivity contribution is 0.0920. The number of furan rings is 1. The molecule has 1 N–H and O–H groups in total. The third-order valence-electron chi connectivity index (χ3n) is 4.08. The number of benzene rings is 1. The zero-order valence-corrected chi connectivity index (χ0v) is 18.0. The van der Waals surface area contributed by atoms with Crippen molar-refractivity contribution >= 4 is 33.4 Å². The zero-order valence-electron chi connectivity index (χ0n) is 15.7. The summed E-state index contributed by atoms with van der Waals surface area (Å²) in [7, 11) is 0. The Hall–Kier alpha value is -2.25. The number of hydrogen-bond acceptors (Lipinski definition) is 4. The molecule has 0 saturated heterocycles. The summed E-state index contributed by atoms with van der Waals surface area (Å²) < 4.78 is 14.0. The van der Waals surface area contributed by atoms with Crippen molar-refractivity contribution in [1.29, 1.82) is 0 Å². The second kappa shape index (κ2) is 9.30. The second-order valence-electron chi connectivity index (χ2n) is 6.39. The van der Waals surface area contributed by atoms with Crippen molar-refractivity contribution in [3.8, 4) is 5.75 Å². The minimum absolute atomic E-state index is 0.187. The molecule has 0 radical (unpaired) electrons. The normalized spacial score (nSPS) is 10.9. The summed E-state index contributed by atoms with van der Waals surface area (Å²) in [5.41, 5.74) is 2.11. The fourth-order valence-electron chi connectivity index (χ4n) is 2.74. The summed E-state index contributed by atoms with van der Waals surface area (Å²) in [6.45, 7) is 5.47. The van der Waals surface area contributed by atoms with Crippen LogP contribution in [0.15, 0.2) is 45.3 Å². The van der Waals surface area contributed by atoms with Crippen molar-refractivity contribution in [2.75, 3.05) is 6.54 Å². The quantitative estimate of drug-likeness (QED) is 0.479. The van der Waals surface area contributed by atoms with E-state index in [0.29, 0.717) is 23.1 Å². The Morgan fingerprint density at radius 2 is 2.11 bits per heavy atom. The summed E-state index contributed by atoms with van der Waals surface area (Å²) >= 11 is 9.47. The van der Waals surface area contributed by atoms with Crippen molar-refractivity contribution in [1.82, 2.24) is 15.1 Å². The molecular formula is C20H21BrClN3O3. The molecule has 0 unspecified atom stereocenters. The highest BCUT2D eigenvalue weighted by atomic mass is 79.9. The van der Waals surface area contributed by atoms with Crippen LogP contribution in [-0.2, 0) is 13.2 Å². The van der Waals surface area contributed by atoms with Gasteiger partial charge in [0.05, 0.1) is 10.7 Å². The van der Waals surface area contributed by atoms with Crippen LogP contribution in [0.1, 0.15) is 34.1 Å². The maximum Gasteiger partial charge on any atom is 0.286 e. The van der Waals surface area contributed by atoms with E-state index in [2.05, 4.69) is 26.3 Å². The number of nitrogens with zero attached hydrogens (tertiary/aromatic N) is 2. The minimum atomic E-state index is -0.249. The molecule has 0 aliphatic heterocycles. The first-order valence-electron chi connectivity index (χ1n) is 8.88. The molecule has 0 saturated carbocycles.